The molecule has 118 valence electrons. The van der Waals surface area contributed by atoms with Gasteiger partial charge in [-0.05, 0) is 31.0 Å². The molecule has 0 spiro atoms. The Morgan fingerprint density at radius 1 is 1.32 bits per heavy atom. The molecule has 2 heterocycles. The SMILES string of the molecule is CNC1=NC(C)N=C(N(C)CCc2ccc3c(c2)OCO3)N1. The molecule has 0 amide bonds. The lowest BCUT2D eigenvalue weighted by molar-refractivity contribution is 0.174. The molecule has 1 atom stereocenters. The molecule has 0 fully saturated rings. The number of hydrogen-bond acceptors (Lipinski definition) is 7. The normalized spacial score (nSPS) is 19.1. The maximum absolute atomic E-state index is 5.41. The number of fused-ring (bicyclic) bond motifs is 1. The van der Waals surface area contributed by atoms with E-state index in [2.05, 4.69) is 31.6 Å². The third-order valence-electron chi connectivity index (χ3n) is 3.63. The summed E-state index contributed by atoms with van der Waals surface area (Å²) in [5, 5.41) is 6.20. The minimum absolute atomic E-state index is 0.0771. The predicted octanol–water partition coefficient (Wildman–Crippen LogP) is 0.770. The van der Waals surface area contributed by atoms with Crippen LogP contribution in [0.2, 0.25) is 0 Å². The second kappa shape index (κ2) is 6.13. The average Bonchev–Trinajstić information content (AvgIpc) is 2.99. The lowest BCUT2D eigenvalue weighted by atomic mass is 10.1. The Morgan fingerprint density at radius 3 is 2.95 bits per heavy atom. The van der Waals surface area contributed by atoms with E-state index in [9.17, 15) is 0 Å². The third kappa shape index (κ3) is 3.08. The Bertz CT molecular complexity index is 614. The first-order chi connectivity index (χ1) is 10.7. The molecule has 3 rings (SSSR count). The van der Waals surface area contributed by atoms with Crippen molar-refractivity contribution in [2.75, 3.05) is 27.4 Å². The van der Waals surface area contributed by atoms with Gasteiger partial charge in [0.15, 0.2) is 17.5 Å². The highest BCUT2D eigenvalue weighted by molar-refractivity contribution is 5.99. The summed E-state index contributed by atoms with van der Waals surface area (Å²) in [7, 11) is 3.86. The fourth-order valence-electron chi connectivity index (χ4n) is 2.38. The summed E-state index contributed by atoms with van der Waals surface area (Å²) < 4.78 is 10.7. The zero-order chi connectivity index (χ0) is 15.5. The fraction of sp³-hybridized carbons (Fsp3) is 0.467. The van der Waals surface area contributed by atoms with Gasteiger partial charge in [0.05, 0.1) is 0 Å². The molecule has 0 saturated carbocycles. The quantitative estimate of drug-likeness (QED) is 0.863. The Labute approximate surface area is 130 Å². The molecule has 7 heteroatoms. The van der Waals surface area contributed by atoms with Crippen LogP contribution >= 0.6 is 0 Å². The lowest BCUT2D eigenvalue weighted by Gasteiger charge is -2.26. The van der Waals surface area contributed by atoms with Crippen LogP contribution in [0.1, 0.15) is 12.5 Å². The first kappa shape index (κ1) is 14.5. The van der Waals surface area contributed by atoms with Crippen LogP contribution in [0, 0.1) is 0 Å². The van der Waals surface area contributed by atoms with E-state index in [1.807, 2.05) is 33.2 Å². The van der Waals surface area contributed by atoms with Gasteiger partial charge in [0.25, 0.3) is 0 Å². The van der Waals surface area contributed by atoms with E-state index in [1.54, 1.807) is 0 Å². The van der Waals surface area contributed by atoms with Crippen molar-refractivity contribution >= 4 is 11.9 Å². The number of likely N-dealkylation sites (N-methyl/N-ethyl adjacent to an activating group) is 1. The summed E-state index contributed by atoms with van der Waals surface area (Å²) in [6, 6.07) is 6.07. The highest BCUT2D eigenvalue weighted by Crippen LogP contribution is 2.32. The van der Waals surface area contributed by atoms with Crippen molar-refractivity contribution in [1.29, 1.82) is 0 Å². The molecule has 1 aromatic rings. The maximum atomic E-state index is 5.41. The first-order valence-electron chi connectivity index (χ1n) is 7.36. The van der Waals surface area contributed by atoms with Gasteiger partial charge in [-0.1, -0.05) is 6.07 Å². The van der Waals surface area contributed by atoms with Crippen molar-refractivity contribution in [2.45, 2.75) is 19.5 Å². The van der Waals surface area contributed by atoms with Gasteiger partial charge in [-0.2, -0.15) is 0 Å². The molecule has 0 saturated heterocycles. The smallest absolute Gasteiger partial charge is 0.231 e. The van der Waals surface area contributed by atoms with E-state index < -0.39 is 0 Å². The van der Waals surface area contributed by atoms with Crippen LogP contribution < -0.4 is 20.1 Å². The molecule has 0 aliphatic carbocycles. The van der Waals surface area contributed by atoms with E-state index in [0.29, 0.717) is 6.79 Å². The predicted molar refractivity (Wildman–Crippen MR) is 85.4 cm³/mol. The van der Waals surface area contributed by atoms with Crippen molar-refractivity contribution in [2.24, 2.45) is 9.98 Å². The van der Waals surface area contributed by atoms with Gasteiger partial charge in [0.1, 0.15) is 6.17 Å². The Balaban J connectivity index is 1.59. The van der Waals surface area contributed by atoms with Crippen LogP contribution in [0.4, 0.5) is 0 Å². The minimum Gasteiger partial charge on any atom is -0.454 e. The largest absolute Gasteiger partial charge is 0.454 e. The number of ether oxygens (including phenoxy) is 2. The van der Waals surface area contributed by atoms with Crippen molar-refractivity contribution in [3.05, 3.63) is 23.8 Å². The molecule has 1 unspecified atom stereocenters. The topological polar surface area (TPSA) is 70.5 Å². The molecule has 1 aromatic carbocycles. The number of nitrogens with zero attached hydrogens (tertiary/aromatic N) is 3. The van der Waals surface area contributed by atoms with Crippen LogP contribution in [0.15, 0.2) is 28.2 Å². The van der Waals surface area contributed by atoms with Crippen LogP contribution in [-0.2, 0) is 6.42 Å². The third-order valence-corrected chi connectivity index (χ3v) is 3.63. The number of aliphatic imine (C=N–C) groups is 2. The number of nitrogens with one attached hydrogen (secondary N) is 2. The number of benzene rings is 1. The summed E-state index contributed by atoms with van der Waals surface area (Å²) in [5.41, 5.74) is 1.21. The Hall–Kier alpha value is -2.44. The molecule has 7 nitrogen and oxygen atoms in total. The summed E-state index contributed by atoms with van der Waals surface area (Å²) >= 11 is 0. The molecule has 22 heavy (non-hydrogen) atoms. The first-order valence-corrected chi connectivity index (χ1v) is 7.36. The van der Waals surface area contributed by atoms with Crippen molar-refractivity contribution in [3.8, 4) is 11.5 Å². The summed E-state index contributed by atoms with van der Waals surface area (Å²) in [6.07, 6.45) is 0.820. The number of hydrogen-bond donors (Lipinski definition) is 2. The van der Waals surface area contributed by atoms with Crippen LogP contribution in [-0.4, -0.2) is 50.4 Å². The molecule has 2 aliphatic rings. The Kier molecular flexibility index (Phi) is 4.04. The van der Waals surface area contributed by atoms with E-state index in [4.69, 9.17) is 9.47 Å². The number of rotatable bonds is 3. The van der Waals surface area contributed by atoms with Gasteiger partial charge in [0, 0.05) is 20.6 Å². The second-order valence-corrected chi connectivity index (χ2v) is 5.30. The summed E-state index contributed by atoms with van der Waals surface area (Å²) in [5.74, 6) is 3.21. The number of guanidine groups is 2. The van der Waals surface area contributed by atoms with Gasteiger partial charge in [-0.25, -0.2) is 9.98 Å². The molecule has 0 aromatic heterocycles. The van der Waals surface area contributed by atoms with Gasteiger partial charge >= 0.3 is 0 Å². The molecule has 0 bridgehead atoms. The van der Waals surface area contributed by atoms with E-state index in [1.165, 1.54) is 5.56 Å². The molecular formula is C15H21N5O2. The zero-order valence-electron chi connectivity index (χ0n) is 13.1. The molecule has 2 N–H and O–H groups in total. The monoisotopic (exact) mass is 303 g/mol. The van der Waals surface area contributed by atoms with Crippen LogP contribution in [0.25, 0.3) is 0 Å². The minimum atomic E-state index is -0.0771. The van der Waals surface area contributed by atoms with Crippen LogP contribution in [0.3, 0.4) is 0 Å². The molecular weight excluding hydrogens is 282 g/mol. The van der Waals surface area contributed by atoms with Gasteiger partial charge in [0.2, 0.25) is 12.8 Å². The van der Waals surface area contributed by atoms with Gasteiger partial charge in [-0.15, -0.1) is 0 Å². The van der Waals surface area contributed by atoms with Crippen molar-refractivity contribution in [1.82, 2.24) is 15.5 Å². The van der Waals surface area contributed by atoms with Crippen molar-refractivity contribution < 1.29 is 9.47 Å². The Morgan fingerprint density at radius 2 is 2.14 bits per heavy atom. The molecule has 2 aliphatic heterocycles. The van der Waals surface area contributed by atoms with E-state index in [-0.39, 0.29) is 6.17 Å². The standard InChI is InChI=1S/C15H21N5O2/c1-10-17-14(16-2)19-15(18-10)20(3)7-6-11-4-5-12-13(8-11)22-9-21-12/h4-5,8,10H,6-7,9H2,1-3H3,(H2,16,17,18,19). The average molecular weight is 303 g/mol. The van der Waals surface area contributed by atoms with E-state index in [0.717, 1.165) is 36.4 Å². The molecule has 0 radical (unpaired) electrons. The summed E-state index contributed by atoms with van der Waals surface area (Å²) in [4.78, 5) is 10.9. The highest BCUT2D eigenvalue weighted by Gasteiger charge is 2.17. The second-order valence-electron chi connectivity index (χ2n) is 5.30. The highest BCUT2D eigenvalue weighted by atomic mass is 16.7. The van der Waals surface area contributed by atoms with Crippen LogP contribution in [0.5, 0.6) is 11.5 Å². The van der Waals surface area contributed by atoms with Crippen molar-refractivity contribution in [3.63, 3.8) is 0 Å². The van der Waals surface area contributed by atoms with Gasteiger partial charge < -0.3 is 19.7 Å². The maximum Gasteiger partial charge on any atom is 0.231 e. The lowest BCUT2D eigenvalue weighted by Crippen LogP contribution is -2.50. The van der Waals surface area contributed by atoms with E-state index >= 15 is 0 Å². The summed E-state index contributed by atoms with van der Waals surface area (Å²) in [6.45, 7) is 3.11. The van der Waals surface area contributed by atoms with Gasteiger partial charge in [-0.3, -0.25) is 5.32 Å². The zero-order valence-corrected chi connectivity index (χ0v) is 13.1. The fourth-order valence-corrected chi connectivity index (χ4v) is 2.38.